The summed E-state index contributed by atoms with van der Waals surface area (Å²) in [6.45, 7) is 13.2. The van der Waals surface area contributed by atoms with Crippen molar-refractivity contribution < 1.29 is 0 Å². The summed E-state index contributed by atoms with van der Waals surface area (Å²) in [6, 6.07) is 0.761. The van der Waals surface area contributed by atoms with Crippen LogP contribution in [0.1, 0.15) is 20.3 Å². The third-order valence-electron chi connectivity index (χ3n) is 4.01. The van der Waals surface area contributed by atoms with E-state index in [1.807, 2.05) is 0 Å². The molecule has 2 aliphatic rings. The van der Waals surface area contributed by atoms with Crippen LogP contribution in [0.3, 0.4) is 0 Å². The van der Waals surface area contributed by atoms with Gasteiger partial charge in [0, 0.05) is 51.9 Å². The lowest BCUT2D eigenvalue weighted by Crippen LogP contribution is -2.61. The second-order valence-corrected chi connectivity index (χ2v) is 5.65. The van der Waals surface area contributed by atoms with Crippen molar-refractivity contribution in [3.05, 3.63) is 11.6 Å². The molecule has 0 aromatic carbocycles. The summed E-state index contributed by atoms with van der Waals surface area (Å²) < 4.78 is 0. The van der Waals surface area contributed by atoms with E-state index in [0.29, 0.717) is 0 Å². The van der Waals surface area contributed by atoms with Crippen LogP contribution in [-0.2, 0) is 0 Å². The first-order valence-electron chi connectivity index (χ1n) is 6.99. The Labute approximate surface area is 106 Å². The van der Waals surface area contributed by atoms with Gasteiger partial charge in [-0.25, -0.2) is 0 Å². The highest BCUT2D eigenvalue weighted by atomic mass is 15.3. The molecular formula is C14H27N3. The normalized spacial score (nSPS) is 29.4. The molecular weight excluding hydrogens is 210 g/mol. The molecule has 0 radical (unpaired) electrons. The molecule has 0 spiro atoms. The van der Waals surface area contributed by atoms with Crippen LogP contribution in [0.25, 0.3) is 0 Å². The van der Waals surface area contributed by atoms with Gasteiger partial charge >= 0.3 is 0 Å². The molecule has 2 aliphatic heterocycles. The van der Waals surface area contributed by atoms with Crippen molar-refractivity contribution >= 4 is 0 Å². The summed E-state index contributed by atoms with van der Waals surface area (Å²) >= 11 is 0. The van der Waals surface area contributed by atoms with E-state index in [1.165, 1.54) is 51.4 Å². The molecule has 1 atom stereocenters. The Morgan fingerprint density at radius 2 is 1.94 bits per heavy atom. The van der Waals surface area contributed by atoms with Crippen LogP contribution in [0, 0.1) is 0 Å². The lowest BCUT2D eigenvalue weighted by molar-refractivity contribution is 0.0237. The van der Waals surface area contributed by atoms with Crippen molar-refractivity contribution in [2.45, 2.75) is 26.3 Å². The highest BCUT2D eigenvalue weighted by molar-refractivity contribution is 5.01. The maximum absolute atomic E-state index is 2.68. The summed E-state index contributed by atoms with van der Waals surface area (Å²) in [4.78, 5) is 7.77. The molecule has 2 rings (SSSR count). The predicted molar refractivity (Wildman–Crippen MR) is 73.3 cm³/mol. The van der Waals surface area contributed by atoms with E-state index in [9.17, 15) is 0 Å². The molecule has 0 amide bonds. The van der Waals surface area contributed by atoms with Gasteiger partial charge in [0.15, 0.2) is 0 Å². The van der Waals surface area contributed by atoms with Crippen molar-refractivity contribution in [1.29, 1.82) is 0 Å². The summed E-state index contributed by atoms with van der Waals surface area (Å²) in [5.41, 5.74) is 1.53. The van der Waals surface area contributed by atoms with Gasteiger partial charge in [0.1, 0.15) is 0 Å². The summed E-state index contributed by atoms with van der Waals surface area (Å²) in [5.74, 6) is 0. The largest absolute Gasteiger partial charge is 0.303 e. The fraction of sp³-hybridized carbons (Fsp3) is 0.857. The van der Waals surface area contributed by atoms with Gasteiger partial charge in [-0.1, -0.05) is 18.6 Å². The number of allylic oxidation sites excluding steroid dienone is 1. The van der Waals surface area contributed by atoms with Crippen molar-refractivity contribution in [3.63, 3.8) is 0 Å². The first kappa shape index (κ1) is 13.1. The Balaban J connectivity index is 1.85. The van der Waals surface area contributed by atoms with Gasteiger partial charge in [0.25, 0.3) is 0 Å². The van der Waals surface area contributed by atoms with Gasteiger partial charge in [0.05, 0.1) is 0 Å². The SMILES string of the molecule is CCC=C(C)CN1CCN2CCN(C)CC2C1. The number of hydrogen-bond donors (Lipinski definition) is 0. The molecule has 0 N–H and O–H groups in total. The maximum Gasteiger partial charge on any atom is 0.0351 e. The molecule has 0 aromatic rings. The van der Waals surface area contributed by atoms with E-state index in [1.54, 1.807) is 0 Å². The summed E-state index contributed by atoms with van der Waals surface area (Å²) in [5, 5.41) is 0. The van der Waals surface area contributed by atoms with Crippen LogP contribution in [0.2, 0.25) is 0 Å². The fourth-order valence-electron chi connectivity index (χ4n) is 3.08. The quantitative estimate of drug-likeness (QED) is 0.685. The molecule has 3 nitrogen and oxygen atoms in total. The average molecular weight is 237 g/mol. The smallest absolute Gasteiger partial charge is 0.0351 e. The lowest BCUT2D eigenvalue weighted by atomic mass is 10.1. The molecule has 0 aliphatic carbocycles. The van der Waals surface area contributed by atoms with Crippen LogP contribution in [0.15, 0.2) is 11.6 Å². The molecule has 2 heterocycles. The molecule has 2 saturated heterocycles. The molecule has 0 bridgehead atoms. The molecule has 17 heavy (non-hydrogen) atoms. The Kier molecular flexibility index (Phi) is 4.60. The van der Waals surface area contributed by atoms with Gasteiger partial charge in [-0.05, 0) is 20.4 Å². The van der Waals surface area contributed by atoms with Gasteiger partial charge in [-0.2, -0.15) is 0 Å². The number of nitrogens with zero attached hydrogens (tertiary/aromatic N) is 3. The van der Waals surface area contributed by atoms with Crippen molar-refractivity contribution in [1.82, 2.24) is 14.7 Å². The van der Waals surface area contributed by atoms with E-state index < -0.39 is 0 Å². The van der Waals surface area contributed by atoms with Crippen molar-refractivity contribution in [2.24, 2.45) is 0 Å². The van der Waals surface area contributed by atoms with E-state index in [-0.39, 0.29) is 0 Å². The third kappa shape index (κ3) is 3.54. The Morgan fingerprint density at radius 1 is 1.18 bits per heavy atom. The fourth-order valence-corrected chi connectivity index (χ4v) is 3.08. The second-order valence-electron chi connectivity index (χ2n) is 5.65. The highest BCUT2D eigenvalue weighted by Gasteiger charge is 2.30. The minimum Gasteiger partial charge on any atom is -0.303 e. The minimum atomic E-state index is 0.761. The highest BCUT2D eigenvalue weighted by Crippen LogP contribution is 2.15. The van der Waals surface area contributed by atoms with Gasteiger partial charge in [0.2, 0.25) is 0 Å². The van der Waals surface area contributed by atoms with Crippen molar-refractivity contribution in [2.75, 3.05) is 52.9 Å². The first-order chi connectivity index (χ1) is 8.19. The average Bonchev–Trinajstić information content (AvgIpc) is 2.28. The summed E-state index contributed by atoms with van der Waals surface area (Å²) in [7, 11) is 2.25. The maximum atomic E-state index is 2.68. The zero-order valence-corrected chi connectivity index (χ0v) is 11.7. The van der Waals surface area contributed by atoms with Crippen LogP contribution in [0.4, 0.5) is 0 Å². The van der Waals surface area contributed by atoms with Crippen LogP contribution in [-0.4, -0.2) is 73.6 Å². The number of fused-ring (bicyclic) bond motifs is 1. The molecule has 3 heteroatoms. The van der Waals surface area contributed by atoms with Gasteiger partial charge in [-0.15, -0.1) is 0 Å². The third-order valence-corrected chi connectivity index (χ3v) is 4.01. The number of likely N-dealkylation sites (N-methyl/N-ethyl adjacent to an activating group) is 1. The predicted octanol–water partition coefficient (Wildman–Crippen LogP) is 1.27. The topological polar surface area (TPSA) is 9.72 Å². The molecule has 98 valence electrons. The number of piperazine rings is 2. The van der Waals surface area contributed by atoms with E-state index in [4.69, 9.17) is 0 Å². The number of rotatable bonds is 3. The van der Waals surface area contributed by atoms with Crippen LogP contribution >= 0.6 is 0 Å². The zero-order valence-electron chi connectivity index (χ0n) is 11.7. The van der Waals surface area contributed by atoms with E-state index in [0.717, 1.165) is 12.5 Å². The van der Waals surface area contributed by atoms with Crippen LogP contribution in [0.5, 0.6) is 0 Å². The van der Waals surface area contributed by atoms with Gasteiger partial charge < -0.3 is 4.90 Å². The minimum absolute atomic E-state index is 0.761. The lowest BCUT2D eigenvalue weighted by Gasteiger charge is -2.46. The summed E-state index contributed by atoms with van der Waals surface area (Å²) in [6.07, 6.45) is 3.53. The monoisotopic (exact) mass is 237 g/mol. The Morgan fingerprint density at radius 3 is 2.71 bits per heavy atom. The molecule has 1 unspecified atom stereocenters. The van der Waals surface area contributed by atoms with Gasteiger partial charge in [-0.3, -0.25) is 9.80 Å². The zero-order chi connectivity index (χ0) is 12.3. The molecule has 0 saturated carbocycles. The van der Waals surface area contributed by atoms with E-state index >= 15 is 0 Å². The first-order valence-corrected chi connectivity index (χ1v) is 6.99. The van der Waals surface area contributed by atoms with E-state index in [2.05, 4.69) is 41.7 Å². The standard InChI is InChI=1S/C14H27N3/c1-4-5-13(2)10-16-7-9-17-8-6-15(3)11-14(17)12-16/h5,14H,4,6-12H2,1-3H3. The second kappa shape index (κ2) is 5.98. The van der Waals surface area contributed by atoms with Crippen molar-refractivity contribution in [3.8, 4) is 0 Å². The number of hydrogen-bond acceptors (Lipinski definition) is 3. The van der Waals surface area contributed by atoms with Crippen LogP contribution < -0.4 is 0 Å². The molecule has 2 fully saturated rings. The molecule has 0 aromatic heterocycles. The Hall–Kier alpha value is -0.380. The Bertz CT molecular complexity index is 275.